The van der Waals surface area contributed by atoms with E-state index in [4.69, 9.17) is 4.74 Å². The first-order valence-corrected chi connectivity index (χ1v) is 8.46. The van der Waals surface area contributed by atoms with Crippen LogP contribution in [0.15, 0.2) is 42.5 Å². The smallest absolute Gasteiger partial charge is 0.340 e. The Labute approximate surface area is 155 Å². The summed E-state index contributed by atoms with van der Waals surface area (Å²) in [7, 11) is 0. The van der Waals surface area contributed by atoms with Crippen molar-refractivity contribution in [2.75, 3.05) is 11.5 Å². The van der Waals surface area contributed by atoms with Crippen molar-refractivity contribution in [2.24, 2.45) is 0 Å². The number of unbranched alkanes of at least 4 members (excludes halogenated alkanes) is 1. The normalized spacial score (nSPS) is 12.9. The summed E-state index contributed by atoms with van der Waals surface area (Å²) in [4.78, 5) is 49.7. The van der Waals surface area contributed by atoms with E-state index >= 15 is 0 Å². The number of imide groups is 1. The van der Waals surface area contributed by atoms with Crippen LogP contribution in [0.2, 0.25) is 0 Å². The molecular formula is C20H16NO6-. The van der Waals surface area contributed by atoms with Crippen molar-refractivity contribution < 1.29 is 29.0 Å². The van der Waals surface area contributed by atoms with Crippen molar-refractivity contribution in [3.8, 4) is 0 Å². The van der Waals surface area contributed by atoms with Gasteiger partial charge in [-0.05, 0) is 36.2 Å². The zero-order valence-corrected chi connectivity index (χ0v) is 14.6. The number of amides is 2. The van der Waals surface area contributed by atoms with Crippen LogP contribution < -0.4 is 10.0 Å². The van der Waals surface area contributed by atoms with E-state index in [2.05, 4.69) is 0 Å². The number of carboxylic acids is 1. The summed E-state index contributed by atoms with van der Waals surface area (Å²) in [5.74, 6) is -3.41. The topological polar surface area (TPSA) is 104 Å². The molecule has 0 aromatic heterocycles. The molecule has 0 bridgehead atoms. The zero-order valence-electron chi connectivity index (χ0n) is 14.6. The number of para-hydroxylation sites is 1. The van der Waals surface area contributed by atoms with E-state index in [1.54, 1.807) is 12.1 Å². The predicted octanol–water partition coefficient (Wildman–Crippen LogP) is 1.81. The van der Waals surface area contributed by atoms with Gasteiger partial charge in [-0.1, -0.05) is 31.5 Å². The summed E-state index contributed by atoms with van der Waals surface area (Å²) < 4.78 is 5.19. The maximum atomic E-state index is 12.8. The molecular weight excluding hydrogens is 350 g/mol. The van der Waals surface area contributed by atoms with Crippen molar-refractivity contribution in [1.82, 2.24) is 0 Å². The molecule has 1 heterocycles. The molecule has 0 unspecified atom stereocenters. The van der Waals surface area contributed by atoms with Crippen molar-refractivity contribution in [2.45, 2.75) is 19.8 Å². The van der Waals surface area contributed by atoms with Gasteiger partial charge < -0.3 is 14.6 Å². The van der Waals surface area contributed by atoms with Crippen molar-refractivity contribution in [1.29, 1.82) is 0 Å². The number of aromatic carboxylic acids is 1. The van der Waals surface area contributed by atoms with Gasteiger partial charge in [-0.15, -0.1) is 0 Å². The van der Waals surface area contributed by atoms with Gasteiger partial charge in [0, 0.05) is 0 Å². The third kappa shape index (κ3) is 3.31. The maximum absolute atomic E-state index is 12.8. The average molecular weight is 366 g/mol. The Bertz CT molecular complexity index is 949. The van der Waals surface area contributed by atoms with E-state index < -0.39 is 23.8 Å². The molecule has 7 nitrogen and oxygen atoms in total. The number of carbonyl (C=O) groups excluding carboxylic acids is 4. The second-order valence-electron chi connectivity index (χ2n) is 6.00. The van der Waals surface area contributed by atoms with Gasteiger partial charge in [-0.3, -0.25) is 9.59 Å². The van der Waals surface area contributed by atoms with E-state index in [-0.39, 0.29) is 34.5 Å². The molecule has 7 heteroatoms. The van der Waals surface area contributed by atoms with Crippen LogP contribution in [-0.2, 0) is 4.74 Å². The number of nitrogens with zero attached hydrogens (tertiary/aromatic N) is 1. The van der Waals surface area contributed by atoms with E-state index in [1.165, 1.54) is 24.3 Å². The highest BCUT2D eigenvalue weighted by Gasteiger charge is 2.38. The monoisotopic (exact) mass is 366 g/mol. The van der Waals surface area contributed by atoms with Gasteiger partial charge in [0.2, 0.25) is 0 Å². The Hall–Kier alpha value is -3.48. The predicted molar refractivity (Wildman–Crippen MR) is 93.5 cm³/mol. The standard InChI is InChI=1S/C20H17NO6/c1-2-3-10-27-20(26)14-6-4-5-7-16(14)21-17(22)13-9-8-12(19(24)25)11-15(13)18(21)23/h4-9,11H,2-3,10H2,1H3,(H,24,25)/p-1. The summed E-state index contributed by atoms with van der Waals surface area (Å²) in [6.45, 7) is 2.20. The van der Waals surface area contributed by atoms with Crippen LogP contribution in [0.5, 0.6) is 0 Å². The minimum atomic E-state index is -1.45. The molecule has 1 aliphatic heterocycles. The van der Waals surface area contributed by atoms with Crippen LogP contribution in [0.1, 0.15) is 61.2 Å². The fourth-order valence-corrected chi connectivity index (χ4v) is 2.81. The van der Waals surface area contributed by atoms with Crippen molar-refractivity contribution in [3.05, 3.63) is 64.7 Å². The lowest BCUT2D eigenvalue weighted by molar-refractivity contribution is -0.255. The number of hydrogen-bond donors (Lipinski definition) is 0. The molecule has 2 amide bonds. The Morgan fingerprint density at radius 2 is 1.74 bits per heavy atom. The third-order valence-electron chi connectivity index (χ3n) is 4.22. The van der Waals surface area contributed by atoms with Gasteiger partial charge in [0.1, 0.15) is 0 Å². The highest BCUT2D eigenvalue weighted by molar-refractivity contribution is 6.35. The van der Waals surface area contributed by atoms with E-state index in [1.807, 2.05) is 6.92 Å². The first-order chi connectivity index (χ1) is 13.0. The second kappa shape index (κ2) is 7.41. The number of carboxylic acid groups (broad SMARTS) is 1. The molecule has 0 aliphatic carbocycles. The molecule has 0 N–H and O–H groups in total. The lowest BCUT2D eigenvalue weighted by Crippen LogP contribution is -2.31. The molecule has 0 atom stereocenters. The van der Waals surface area contributed by atoms with Gasteiger partial charge in [0.15, 0.2) is 0 Å². The van der Waals surface area contributed by atoms with Crippen LogP contribution in [0.25, 0.3) is 0 Å². The van der Waals surface area contributed by atoms with E-state index in [9.17, 15) is 24.3 Å². The van der Waals surface area contributed by atoms with E-state index in [0.29, 0.717) is 6.42 Å². The maximum Gasteiger partial charge on any atom is 0.340 e. The number of anilines is 1. The summed E-state index contributed by atoms with van der Waals surface area (Å²) in [6.07, 6.45) is 1.56. The molecule has 27 heavy (non-hydrogen) atoms. The largest absolute Gasteiger partial charge is 0.545 e. The Morgan fingerprint density at radius 1 is 1.04 bits per heavy atom. The molecule has 2 aromatic carbocycles. The summed E-state index contributed by atoms with van der Waals surface area (Å²) in [5, 5.41) is 11.0. The molecule has 0 radical (unpaired) electrons. The van der Waals surface area contributed by atoms with Crippen LogP contribution in [-0.4, -0.2) is 30.4 Å². The van der Waals surface area contributed by atoms with Crippen LogP contribution in [0.4, 0.5) is 5.69 Å². The van der Waals surface area contributed by atoms with Gasteiger partial charge in [0.25, 0.3) is 11.8 Å². The third-order valence-corrected chi connectivity index (χ3v) is 4.22. The molecule has 0 fully saturated rings. The fourth-order valence-electron chi connectivity index (χ4n) is 2.81. The molecule has 3 rings (SSSR count). The molecule has 138 valence electrons. The van der Waals surface area contributed by atoms with Crippen molar-refractivity contribution >= 4 is 29.4 Å². The quantitative estimate of drug-likeness (QED) is 0.439. The minimum absolute atomic E-state index is 0.0455. The van der Waals surface area contributed by atoms with E-state index in [0.717, 1.165) is 17.4 Å². The lowest BCUT2D eigenvalue weighted by atomic mass is 10.1. The number of carbonyl (C=O) groups is 4. The van der Waals surface area contributed by atoms with Crippen LogP contribution in [0, 0.1) is 0 Å². The number of esters is 1. The Kier molecular flexibility index (Phi) is 5.03. The average Bonchev–Trinajstić information content (AvgIpc) is 2.92. The van der Waals surface area contributed by atoms with Gasteiger partial charge >= 0.3 is 5.97 Å². The number of rotatable bonds is 6. The zero-order chi connectivity index (χ0) is 19.6. The second-order valence-corrected chi connectivity index (χ2v) is 6.00. The van der Waals surface area contributed by atoms with Crippen molar-refractivity contribution in [3.63, 3.8) is 0 Å². The van der Waals surface area contributed by atoms with Crippen LogP contribution in [0.3, 0.4) is 0 Å². The molecule has 2 aromatic rings. The first-order valence-electron chi connectivity index (χ1n) is 8.46. The van der Waals surface area contributed by atoms with Gasteiger partial charge in [-0.2, -0.15) is 0 Å². The lowest BCUT2D eigenvalue weighted by Gasteiger charge is -2.17. The summed E-state index contributed by atoms with van der Waals surface area (Å²) >= 11 is 0. The SMILES string of the molecule is CCCCOC(=O)c1ccccc1N1C(=O)c2ccc(C(=O)[O-])cc2C1=O. The highest BCUT2D eigenvalue weighted by atomic mass is 16.5. The van der Waals surface area contributed by atoms with Crippen LogP contribution >= 0.6 is 0 Å². The molecule has 0 saturated carbocycles. The summed E-state index contributed by atoms with van der Waals surface area (Å²) in [5.41, 5.74) is 0.00227. The van der Waals surface area contributed by atoms with Gasteiger partial charge in [-0.25, -0.2) is 9.69 Å². The number of hydrogen-bond acceptors (Lipinski definition) is 6. The summed E-state index contributed by atoms with van der Waals surface area (Å²) in [6, 6.07) is 9.71. The Morgan fingerprint density at radius 3 is 2.44 bits per heavy atom. The fraction of sp³-hybridized carbons (Fsp3) is 0.200. The number of fused-ring (bicyclic) bond motifs is 1. The molecule has 1 aliphatic rings. The number of ether oxygens (including phenoxy) is 1. The highest BCUT2D eigenvalue weighted by Crippen LogP contribution is 2.31. The number of benzene rings is 2. The Balaban J connectivity index is 1.98. The first kappa shape index (κ1) is 18.3. The molecule has 0 spiro atoms. The molecule has 0 saturated heterocycles. The van der Waals surface area contributed by atoms with Gasteiger partial charge in [0.05, 0.1) is 35.0 Å². The minimum Gasteiger partial charge on any atom is -0.545 e.